The summed E-state index contributed by atoms with van der Waals surface area (Å²) in [4.78, 5) is 13.4. The van der Waals surface area contributed by atoms with Crippen molar-refractivity contribution in [3.8, 4) is 11.3 Å². The molecule has 116 valence electrons. The van der Waals surface area contributed by atoms with Gasteiger partial charge < -0.3 is 14.8 Å². The fourth-order valence-electron chi connectivity index (χ4n) is 2.81. The van der Waals surface area contributed by atoms with Crippen LogP contribution in [0.3, 0.4) is 0 Å². The highest BCUT2D eigenvalue weighted by Gasteiger charge is 2.23. The molecule has 5 nitrogen and oxygen atoms in total. The van der Waals surface area contributed by atoms with Crippen LogP contribution in [-0.4, -0.2) is 42.2 Å². The highest BCUT2D eigenvalue weighted by Crippen LogP contribution is 2.21. The molecule has 1 aromatic heterocycles. The lowest BCUT2D eigenvalue weighted by Crippen LogP contribution is -2.33. The van der Waals surface area contributed by atoms with Gasteiger partial charge >= 0.3 is 5.97 Å². The molecule has 3 rings (SSSR count). The second kappa shape index (κ2) is 6.77. The molecule has 5 heteroatoms. The third-order valence-electron chi connectivity index (χ3n) is 3.96. The number of nitrogens with one attached hydrogen (secondary N) is 1. The zero-order chi connectivity index (χ0) is 15.4. The number of aliphatic carboxylic acids is 1. The van der Waals surface area contributed by atoms with E-state index in [9.17, 15) is 9.90 Å². The van der Waals surface area contributed by atoms with Gasteiger partial charge in [-0.25, -0.2) is 0 Å². The molecule has 1 saturated heterocycles. The fourth-order valence-corrected chi connectivity index (χ4v) is 2.81. The maximum atomic E-state index is 11.2. The van der Waals surface area contributed by atoms with Crippen molar-refractivity contribution in [2.24, 2.45) is 5.92 Å². The molecule has 2 heterocycles. The lowest BCUT2D eigenvalue weighted by Gasteiger charge is -2.22. The third-order valence-corrected chi connectivity index (χ3v) is 3.96. The van der Waals surface area contributed by atoms with E-state index >= 15 is 0 Å². The zero-order valence-electron chi connectivity index (χ0n) is 12.4. The van der Waals surface area contributed by atoms with E-state index in [1.165, 1.54) is 5.56 Å². The molecule has 0 saturated carbocycles. The minimum absolute atomic E-state index is 0.351. The summed E-state index contributed by atoms with van der Waals surface area (Å²) in [5, 5.41) is 12.4. The highest BCUT2D eigenvalue weighted by atomic mass is 16.4. The maximum absolute atomic E-state index is 11.2. The first-order valence-corrected chi connectivity index (χ1v) is 7.51. The molecule has 1 aromatic carbocycles. The van der Waals surface area contributed by atoms with Gasteiger partial charge in [-0.1, -0.05) is 18.2 Å². The number of furan rings is 1. The number of carbonyl (C=O) groups is 1. The molecular weight excluding hydrogens is 280 g/mol. The minimum Gasteiger partial charge on any atom is -0.481 e. The Morgan fingerprint density at radius 3 is 3.05 bits per heavy atom. The van der Waals surface area contributed by atoms with E-state index in [4.69, 9.17) is 4.42 Å². The molecule has 2 aromatic rings. The normalized spacial score (nSPS) is 19.7. The Balaban J connectivity index is 1.72. The summed E-state index contributed by atoms with van der Waals surface area (Å²) >= 11 is 0. The van der Waals surface area contributed by atoms with E-state index in [1.807, 2.05) is 24.3 Å². The smallest absolute Gasteiger partial charge is 0.309 e. The van der Waals surface area contributed by atoms with Crippen LogP contribution in [0.2, 0.25) is 0 Å². The fraction of sp³-hybridized carbons (Fsp3) is 0.353. The lowest BCUT2D eigenvalue weighted by atomic mass is 10.1. The van der Waals surface area contributed by atoms with Crippen molar-refractivity contribution in [2.45, 2.75) is 6.54 Å². The first-order chi connectivity index (χ1) is 10.7. The number of rotatable bonds is 4. The Labute approximate surface area is 129 Å². The molecule has 0 unspecified atom stereocenters. The van der Waals surface area contributed by atoms with Crippen LogP contribution in [0.25, 0.3) is 11.3 Å². The number of carboxylic acids is 1. The summed E-state index contributed by atoms with van der Waals surface area (Å²) in [7, 11) is 0. The number of hydrogen-bond acceptors (Lipinski definition) is 4. The molecule has 0 radical (unpaired) electrons. The monoisotopic (exact) mass is 300 g/mol. The van der Waals surface area contributed by atoms with Crippen LogP contribution in [0.15, 0.2) is 47.1 Å². The first-order valence-electron chi connectivity index (χ1n) is 7.51. The van der Waals surface area contributed by atoms with Crippen molar-refractivity contribution in [1.82, 2.24) is 10.2 Å². The van der Waals surface area contributed by atoms with Gasteiger partial charge in [0.2, 0.25) is 0 Å². The van der Waals surface area contributed by atoms with Gasteiger partial charge in [0.25, 0.3) is 0 Å². The van der Waals surface area contributed by atoms with Crippen LogP contribution < -0.4 is 5.32 Å². The van der Waals surface area contributed by atoms with Crippen LogP contribution in [0.5, 0.6) is 0 Å². The minimum atomic E-state index is -0.733. The van der Waals surface area contributed by atoms with Gasteiger partial charge in [0.05, 0.1) is 12.2 Å². The van der Waals surface area contributed by atoms with Gasteiger partial charge in [-0.2, -0.15) is 0 Å². The molecule has 0 spiro atoms. The second-order valence-electron chi connectivity index (χ2n) is 5.65. The molecular formula is C17H20N2O3. The Morgan fingerprint density at radius 2 is 2.27 bits per heavy atom. The topological polar surface area (TPSA) is 65.7 Å². The molecule has 0 bridgehead atoms. The van der Waals surface area contributed by atoms with Crippen molar-refractivity contribution in [1.29, 1.82) is 0 Å². The van der Waals surface area contributed by atoms with Crippen LogP contribution in [-0.2, 0) is 11.3 Å². The molecule has 0 aliphatic carbocycles. The number of nitrogens with zero attached hydrogens (tertiary/aromatic N) is 1. The van der Waals surface area contributed by atoms with Gasteiger partial charge in [0, 0.05) is 38.3 Å². The Kier molecular flexibility index (Phi) is 4.56. The standard InChI is InChI=1S/C17H20N2O3/c20-17(21)15-10-18-6-7-19(12-15)11-13-3-1-4-14(9-13)16-5-2-8-22-16/h1-5,8-9,15,18H,6-7,10-12H2,(H,20,21)/t15-/m1/s1. The van der Waals surface area contributed by atoms with Crippen LogP contribution in [0.4, 0.5) is 0 Å². The van der Waals surface area contributed by atoms with Gasteiger partial charge in [0.15, 0.2) is 0 Å². The van der Waals surface area contributed by atoms with Crippen LogP contribution in [0, 0.1) is 5.92 Å². The molecule has 2 N–H and O–H groups in total. The van der Waals surface area contributed by atoms with Crippen molar-refractivity contribution in [3.63, 3.8) is 0 Å². The Bertz CT molecular complexity index is 625. The van der Waals surface area contributed by atoms with E-state index in [0.29, 0.717) is 13.1 Å². The van der Waals surface area contributed by atoms with Crippen molar-refractivity contribution in [2.75, 3.05) is 26.2 Å². The average Bonchev–Trinajstić information content (AvgIpc) is 2.95. The van der Waals surface area contributed by atoms with E-state index in [-0.39, 0.29) is 5.92 Å². The van der Waals surface area contributed by atoms with Crippen molar-refractivity contribution < 1.29 is 14.3 Å². The SMILES string of the molecule is O=C(O)[C@@H]1CNCCN(Cc2cccc(-c3ccco3)c2)C1. The van der Waals surface area contributed by atoms with Crippen LogP contribution in [0.1, 0.15) is 5.56 Å². The van der Waals surface area contributed by atoms with Gasteiger partial charge in [-0.05, 0) is 23.8 Å². The maximum Gasteiger partial charge on any atom is 0.309 e. The summed E-state index contributed by atoms with van der Waals surface area (Å²) in [6.07, 6.45) is 1.67. The van der Waals surface area contributed by atoms with Crippen molar-refractivity contribution in [3.05, 3.63) is 48.2 Å². The predicted octanol–water partition coefficient (Wildman–Crippen LogP) is 2.05. The van der Waals surface area contributed by atoms with Gasteiger partial charge in [-0.3, -0.25) is 9.69 Å². The second-order valence-corrected chi connectivity index (χ2v) is 5.65. The summed E-state index contributed by atoms with van der Waals surface area (Å²) in [6, 6.07) is 12.0. The number of carboxylic acid groups (broad SMARTS) is 1. The van der Waals surface area contributed by atoms with E-state index in [1.54, 1.807) is 6.26 Å². The number of hydrogen-bond donors (Lipinski definition) is 2. The molecule has 22 heavy (non-hydrogen) atoms. The summed E-state index contributed by atoms with van der Waals surface area (Å²) < 4.78 is 5.43. The third kappa shape index (κ3) is 3.55. The Morgan fingerprint density at radius 1 is 1.36 bits per heavy atom. The largest absolute Gasteiger partial charge is 0.481 e. The zero-order valence-corrected chi connectivity index (χ0v) is 12.4. The molecule has 1 aliphatic heterocycles. The molecule has 1 aliphatic rings. The molecule has 1 atom stereocenters. The summed E-state index contributed by atoms with van der Waals surface area (Å²) in [5.41, 5.74) is 2.21. The number of benzene rings is 1. The van der Waals surface area contributed by atoms with E-state index < -0.39 is 5.97 Å². The summed E-state index contributed by atoms with van der Waals surface area (Å²) in [5.74, 6) is -0.234. The average molecular weight is 300 g/mol. The summed E-state index contributed by atoms with van der Waals surface area (Å²) in [6.45, 7) is 3.54. The predicted molar refractivity (Wildman–Crippen MR) is 83.4 cm³/mol. The highest BCUT2D eigenvalue weighted by molar-refractivity contribution is 5.70. The Hall–Kier alpha value is -2.11. The first kappa shape index (κ1) is 14.8. The van der Waals surface area contributed by atoms with Gasteiger partial charge in [-0.15, -0.1) is 0 Å². The van der Waals surface area contributed by atoms with Crippen LogP contribution >= 0.6 is 0 Å². The molecule has 1 fully saturated rings. The lowest BCUT2D eigenvalue weighted by molar-refractivity contribution is -0.142. The van der Waals surface area contributed by atoms with E-state index in [0.717, 1.165) is 31.0 Å². The van der Waals surface area contributed by atoms with Crippen molar-refractivity contribution >= 4 is 5.97 Å². The van der Waals surface area contributed by atoms with E-state index in [2.05, 4.69) is 22.3 Å². The van der Waals surface area contributed by atoms with Gasteiger partial charge in [0.1, 0.15) is 5.76 Å². The molecule has 0 amide bonds. The quantitative estimate of drug-likeness (QED) is 0.904.